The van der Waals surface area contributed by atoms with E-state index < -0.39 is 11.7 Å². The predicted octanol–water partition coefficient (Wildman–Crippen LogP) is 2.60. The fraction of sp³-hybridized carbons (Fsp3) is 0.562. The van der Waals surface area contributed by atoms with Gasteiger partial charge < -0.3 is 19.5 Å². The number of carbonyl (C=O) groups is 1. The standard InChI is InChI=1S/C16H25NO4/c1-16(2,3)21-15(19)17(4)10-11-20-12-14(18)13-8-6-5-7-9-13/h5-9,14,18H,10-12H2,1-4H3. The predicted molar refractivity (Wildman–Crippen MR) is 81.1 cm³/mol. The van der Waals surface area contributed by atoms with Gasteiger partial charge in [0.1, 0.15) is 11.7 Å². The van der Waals surface area contributed by atoms with E-state index in [0.717, 1.165) is 5.56 Å². The van der Waals surface area contributed by atoms with Crippen LogP contribution in [0.4, 0.5) is 4.79 Å². The Balaban J connectivity index is 2.23. The molecule has 0 radical (unpaired) electrons. The first-order valence-corrected chi connectivity index (χ1v) is 7.04. The molecule has 0 aromatic heterocycles. The third-order valence-corrected chi connectivity index (χ3v) is 2.74. The Bertz CT molecular complexity index is 428. The molecule has 118 valence electrons. The highest BCUT2D eigenvalue weighted by atomic mass is 16.6. The molecular formula is C16H25NO4. The molecule has 5 heteroatoms. The van der Waals surface area contributed by atoms with E-state index in [1.807, 2.05) is 51.1 Å². The van der Waals surface area contributed by atoms with Crippen LogP contribution in [0.1, 0.15) is 32.4 Å². The van der Waals surface area contributed by atoms with E-state index in [0.29, 0.717) is 13.2 Å². The first-order chi connectivity index (χ1) is 9.79. The Hall–Kier alpha value is -1.59. The molecule has 0 aliphatic rings. The summed E-state index contributed by atoms with van der Waals surface area (Å²) in [5.41, 5.74) is 0.313. The Morgan fingerprint density at radius 3 is 2.48 bits per heavy atom. The molecule has 1 unspecified atom stereocenters. The molecule has 1 aromatic carbocycles. The molecule has 0 heterocycles. The van der Waals surface area contributed by atoms with Crippen molar-refractivity contribution < 1.29 is 19.4 Å². The SMILES string of the molecule is CN(CCOCC(O)c1ccccc1)C(=O)OC(C)(C)C. The van der Waals surface area contributed by atoms with Gasteiger partial charge >= 0.3 is 6.09 Å². The van der Waals surface area contributed by atoms with Crippen molar-refractivity contribution in [3.05, 3.63) is 35.9 Å². The summed E-state index contributed by atoms with van der Waals surface area (Å²) in [6.45, 7) is 6.44. The van der Waals surface area contributed by atoms with Gasteiger partial charge in [0.15, 0.2) is 0 Å². The smallest absolute Gasteiger partial charge is 0.410 e. The van der Waals surface area contributed by atoms with Crippen molar-refractivity contribution in [2.45, 2.75) is 32.5 Å². The molecule has 21 heavy (non-hydrogen) atoms. The molecule has 1 amide bonds. The van der Waals surface area contributed by atoms with Gasteiger partial charge in [-0.25, -0.2) is 4.79 Å². The number of aliphatic hydroxyl groups excluding tert-OH is 1. The van der Waals surface area contributed by atoms with E-state index in [1.165, 1.54) is 4.90 Å². The van der Waals surface area contributed by atoms with Crippen LogP contribution in [-0.4, -0.2) is 48.5 Å². The highest BCUT2D eigenvalue weighted by molar-refractivity contribution is 5.67. The third-order valence-electron chi connectivity index (χ3n) is 2.74. The van der Waals surface area contributed by atoms with Crippen molar-refractivity contribution in [2.24, 2.45) is 0 Å². The van der Waals surface area contributed by atoms with Crippen LogP contribution in [0.3, 0.4) is 0 Å². The van der Waals surface area contributed by atoms with Crippen LogP contribution >= 0.6 is 0 Å². The molecule has 0 aliphatic heterocycles. The van der Waals surface area contributed by atoms with E-state index in [-0.39, 0.29) is 12.7 Å². The van der Waals surface area contributed by atoms with E-state index in [1.54, 1.807) is 7.05 Å². The lowest BCUT2D eigenvalue weighted by atomic mass is 10.1. The van der Waals surface area contributed by atoms with Gasteiger partial charge in [0.2, 0.25) is 0 Å². The summed E-state index contributed by atoms with van der Waals surface area (Å²) in [5.74, 6) is 0. The number of hydrogen-bond donors (Lipinski definition) is 1. The van der Waals surface area contributed by atoms with Gasteiger partial charge in [-0.15, -0.1) is 0 Å². The first-order valence-electron chi connectivity index (χ1n) is 7.04. The van der Waals surface area contributed by atoms with E-state index in [4.69, 9.17) is 9.47 Å². The number of hydrogen-bond acceptors (Lipinski definition) is 4. The maximum atomic E-state index is 11.7. The largest absolute Gasteiger partial charge is 0.444 e. The number of benzene rings is 1. The molecule has 1 N–H and O–H groups in total. The molecule has 1 atom stereocenters. The fourth-order valence-corrected chi connectivity index (χ4v) is 1.60. The van der Waals surface area contributed by atoms with Crippen LogP contribution in [0.15, 0.2) is 30.3 Å². The number of likely N-dealkylation sites (N-methyl/N-ethyl adjacent to an activating group) is 1. The Morgan fingerprint density at radius 1 is 1.29 bits per heavy atom. The average Bonchev–Trinajstić information content (AvgIpc) is 2.42. The van der Waals surface area contributed by atoms with E-state index >= 15 is 0 Å². The lowest BCUT2D eigenvalue weighted by molar-refractivity contribution is 0.0106. The second-order valence-electron chi connectivity index (χ2n) is 5.90. The lowest BCUT2D eigenvalue weighted by Crippen LogP contribution is -2.36. The van der Waals surface area contributed by atoms with Crippen molar-refractivity contribution in [1.29, 1.82) is 0 Å². The van der Waals surface area contributed by atoms with Gasteiger partial charge in [0, 0.05) is 13.6 Å². The van der Waals surface area contributed by atoms with Crippen LogP contribution < -0.4 is 0 Å². The highest BCUT2D eigenvalue weighted by Crippen LogP contribution is 2.12. The molecule has 1 rings (SSSR count). The molecular weight excluding hydrogens is 270 g/mol. The lowest BCUT2D eigenvalue weighted by Gasteiger charge is -2.24. The zero-order valence-electron chi connectivity index (χ0n) is 13.2. The van der Waals surface area contributed by atoms with Crippen LogP contribution in [0.5, 0.6) is 0 Å². The topological polar surface area (TPSA) is 59.0 Å². The number of aliphatic hydroxyl groups is 1. The number of nitrogens with zero attached hydrogens (tertiary/aromatic N) is 1. The summed E-state index contributed by atoms with van der Waals surface area (Å²) >= 11 is 0. The van der Waals surface area contributed by atoms with E-state index in [2.05, 4.69) is 0 Å². The maximum absolute atomic E-state index is 11.7. The second-order valence-corrected chi connectivity index (χ2v) is 5.90. The van der Waals surface area contributed by atoms with Gasteiger partial charge in [0.25, 0.3) is 0 Å². The summed E-state index contributed by atoms with van der Waals surface area (Å²) in [6, 6.07) is 9.33. The molecule has 1 aromatic rings. The van der Waals surface area contributed by atoms with Gasteiger partial charge in [-0.05, 0) is 26.3 Å². The van der Waals surface area contributed by atoms with Crippen LogP contribution in [0.2, 0.25) is 0 Å². The molecule has 0 bridgehead atoms. The summed E-state index contributed by atoms with van der Waals surface area (Å²) in [6.07, 6.45) is -1.03. The van der Waals surface area contributed by atoms with Crippen LogP contribution in [-0.2, 0) is 9.47 Å². The zero-order valence-corrected chi connectivity index (χ0v) is 13.2. The highest BCUT2D eigenvalue weighted by Gasteiger charge is 2.19. The summed E-state index contributed by atoms with van der Waals surface area (Å²) in [4.78, 5) is 13.2. The van der Waals surface area contributed by atoms with E-state index in [9.17, 15) is 9.90 Å². The van der Waals surface area contributed by atoms with Crippen LogP contribution in [0, 0.1) is 0 Å². The molecule has 0 spiro atoms. The monoisotopic (exact) mass is 295 g/mol. The van der Waals surface area contributed by atoms with Crippen molar-refractivity contribution in [3.63, 3.8) is 0 Å². The zero-order chi connectivity index (χ0) is 15.9. The molecule has 0 fully saturated rings. The van der Waals surface area contributed by atoms with Crippen molar-refractivity contribution in [3.8, 4) is 0 Å². The minimum Gasteiger partial charge on any atom is -0.444 e. The Morgan fingerprint density at radius 2 is 1.90 bits per heavy atom. The summed E-state index contributed by atoms with van der Waals surface area (Å²) < 4.78 is 10.6. The Labute approximate surface area is 126 Å². The van der Waals surface area contributed by atoms with Gasteiger partial charge in [-0.3, -0.25) is 0 Å². The Kier molecular flexibility index (Phi) is 6.65. The van der Waals surface area contributed by atoms with Gasteiger partial charge in [-0.1, -0.05) is 30.3 Å². The molecule has 5 nitrogen and oxygen atoms in total. The second kappa shape index (κ2) is 8.00. The maximum Gasteiger partial charge on any atom is 0.410 e. The minimum atomic E-state index is -0.655. The fourth-order valence-electron chi connectivity index (χ4n) is 1.60. The normalized spacial score (nSPS) is 12.8. The molecule has 0 saturated carbocycles. The van der Waals surface area contributed by atoms with Crippen molar-refractivity contribution in [1.82, 2.24) is 4.90 Å². The van der Waals surface area contributed by atoms with Crippen molar-refractivity contribution in [2.75, 3.05) is 26.8 Å². The first kappa shape index (κ1) is 17.5. The average molecular weight is 295 g/mol. The van der Waals surface area contributed by atoms with Crippen LogP contribution in [0.25, 0.3) is 0 Å². The van der Waals surface area contributed by atoms with Gasteiger partial charge in [-0.2, -0.15) is 0 Å². The number of amides is 1. The molecule has 0 aliphatic carbocycles. The summed E-state index contributed by atoms with van der Waals surface area (Å²) in [7, 11) is 1.66. The third kappa shape index (κ3) is 7.11. The number of rotatable bonds is 6. The molecule has 0 saturated heterocycles. The number of ether oxygens (including phenoxy) is 2. The van der Waals surface area contributed by atoms with Crippen molar-refractivity contribution >= 4 is 6.09 Å². The quantitative estimate of drug-likeness (QED) is 0.820. The minimum absolute atomic E-state index is 0.201. The van der Waals surface area contributed by atoms with Gasteiger partial charge in [0.05, 0.1) is 13.2 Å². The number of carbonyl (C=O) groups excluding carboxylic acids is 1. The summed E-state index contributed by atoms with van der Waals surface area (Å²) in [5, 5.41) is 9.92.